The van der Waals surface area contributed by atoms with Gasteiger partial charge in [0.15, 0.2) is 0 Å². The van der Waals surface area contributed by atoms with Crippen LogP contribution in [-0.2, 0) is 9.53 Å². The molecule has 4 nitrogen and oxygen atoms in total. The summed E-state index contributed by atoms with van der Waals surface area (Å²) in [6.07, 6.45) is 2.86. The van der Waals surface area contributed by atoms with Gasteiger partial charge in [0.2, 0.25) is 5.91 Å². The van der Waals surface area contributed by atoms with E-state index >= 15 is 0 Å². The Morgan fingerprint density at radius 2 is 2.53 bits per heavy atom. The van der Waals surface area contributed by atoms with Crippen molar-refractivity contribution in [1.29, 1.82) is 0 Å². The van der Waals surface area contributed by atoms with Gasteiger partial charge in [-0.2, -0.15) is 0 Å². The maximum Gasteiger partial charge on any atom is 0.222 e. The fourth-order valence-electron chi connectivity index (χ4n) is 2.35. The molecule has 15 heavy (non-hydrogen) atoms. The Labute approximate surface area is 91.0 Å². The Balaban J connectivity index is 1.71. The van der Waals surface area contributed by atoms with Gasteiger partial charge in [-0.1, -0.05) is 0 Å². The van der Waals surface area contributed by atoms with Gasteiger partial charge < -0.3 is 15.0 Å². The summed E-state index contributed by atoms with van der Waals surface area (Å²) in [6, 6.07) is 0.858. The Kier molecular flexibility index (Phi) is 3.59. The molecule has 1 amide bonds. The Hall–Kier alpha value is -0.610. The first kappa shape index (κ1) is 10.9. The molecule has 2 rings (SSSR count). The standard InChI is InChI=1S/C11H20N2O2/c1-9(12-10-4-6-15-8-10)7-13-5-2-3-11(13)14/h9-10,12H,2-8H2,1H3. The van der Waals surface area contributed by atoms with Crippen LogP contribution in [0.1, 0.15) is 26.2 Å². The monoisotopic (exact) mass is 212 g/mol. The quantitative estimate of drug-likeness (QED) is 0.732. The highest BCUT2D eigenvalue weighted by Gasteiger charge is 2.23. The number of ether oxygens (including phenoxy) is 1. The highest BCUT2D eigenvalue weighted by atomic mass is 16.5. The lowest BCUT2D eigenvalue weighted by Crippen LogP contribution is -2.44. The number of rotatable bonds is 4. The van der Waals surface area contributed by atoms with Gasteiger partial charge in [-0.05, 0) is 19.8 Å². The molecule has 86 valence electrons. The predicted molar refractivity (Wildman–Crippen MR) is 57.6 cm³/mol. The van der Waals surface area contributed by atoms with Crippen molar-refractivity contribution < 1.29 is 9.53 Å². The molecule has 0 radical (unpaired) electrons. The van der Waals surface area contributed by atoms with Gasteiger partial charge in [-0.15, -0.1) is 0 Å². The highest BCUT2D eigenvalue weighted by Crippen LogP contribution is 2.11. The van der Waals surface area contributed by atoms with Crippen molar-refractivity contribution in [2.45, 2.75) is 38.3 Å². The molecule has 0 aliphatic carbocycles. The van der Waals surface area contributed by atoms with E-state index in [1.165, 1.54) is 0 Å². The third-order valence-corrected chi connectivity index (χ3v) is 3.12. The fourth-order valence-corrected chi connectivity index (χ4v) is 2.35. The number of nitrogens with zero attached hydrogens (tertiary/aromatic N) is 1. The lowest BCUT2D eigenvalue weighted by molar-refractivity contribution is -0.127. The van der Waals surface area contributed by atoms with Crippen molar-refractivity contribution in [3.05, 3.63) is 0 Å². The predicted octanol–water partition coefficient (Wildman–Crippen LogP) is 0.376. The van der Waals surface area contributed by atoms with Gasteiger partial charge in [0.1, 0.15) is 0 Å². The fraction of sp³-hybridized carbons (Fsp3) is 0.909. The maximum absolute atomic E-state index is 11.4. The number of carbonyl (C=O) groups is 1. The summed E-state index contributed by atoms with van der Waals surface area (Å²) >= 11 is 0. The average molecular weight is 212 g/mol. The van der Waals surface area contributed by atoms with Gasteiger partial charge >= 0.3 is 0 Å². The zero-order valence-corrected chi connectivity index (χ0v) is 9.37. The Morgan fingerprint density at radius 3 is 3.13 bits per heavy atom. The minimum absolute atomic E-state index is 0.311. The molecular weight excluding hydrogens is 192 g/mol. The Bertz CT molecular complexity index is 227. The van der Waals surface area contributed by atoms with E-state index in [4.69, 9.17) is 4.74 Å². The molecule has 2 aliphatic heterocycles. The molecule has 0 spiro atoms. The van der Waals surface area contributed by atoms with Crippen LogP contribution in [0.15, 0.2) is 0 Å². The van der Waals surface area contributed by atoms with Crippen molar-refractivity contribution in [3.63, 3.8) is 0 Å². The minimum atomic E-state index is 0.311. The van der Waals surface area contributed by atoms with Crippen molar-refractivity contribution >= 4 is 5.91 Å². The average Bonchev–Trinajstić information content (AvgIpc) is 2.79. The molecule has 2 aliphatic rings. The first-order valence-corrected chi connectivity index (χ1v) is 5.87. The first-order valence-electron chi connectivity index (χ1n) is 5.87. The summed E-state index contributed by atoms with van der Waals surface area (Å²) in [6.45, 7) is 5.61. The lowest BCUT2D eigenvalue weighted by atomic mass is 10.2. The van der Waals surface area contributed by atoms with Crippen molar-refractivity contribution in [2.24, 2.45) is 0 Å². The first-order chi connectivity index (χ1) is 7.25. The van der Waals surface area contributed by atoms with Crippen LogP contribution in [0.2, 0.25) is 0 Å². The zero-order chi connectivity index (χ0) is 10.7. The normalized spacial score (nSPS) is 28.7. The molecule has 0 aromatic heterocycles. The van der Waals surface area contributed by atoms with E-state index in [9.17, 15) is 4.79 Å². The molecule has 2 unspecified atom stereocenters. The maximum atomic E-state index is 11.4. The third kappa shape index (κ3) is 2.92. The molecule has 2 saturated heterocycles. The molecule has 1 N–H and O–H groups in total. The Morgan fingerprint density at radius 1 is 1.67 bits per heavy atom. The largest absolute Gasteiger partial charge is 0.380 e. The second kappa shape index (κ2) is 4.94. The van der Waals surface area contributed by atoms with Gasteiger partial charge in [-0.25, -0.2) is 0 Å². The summed E-state index contributed by atoms with van der Waals surface area (Å²) in [5.74, 6) is 0.311. The van der Waals surface area contributed by atoms with Crippen LogP contribution in [0.4, 0.5) is 0 Å². The summed E-state index contributed by atoms with van der Waals surface area (Å²) in [4.78, 5) is 13.4. The summed E-state index contributed by atoms with van der Waals surface area (Å²) < 4.78 is 5.31. The number of hydrogen-bond acceptors (Lipinski definition) is 3. The number of amides is 1. The highest BCUT2D eigenvalue weighted by molar-refractivity contribution is 5.78. The molecule has 0 saturated carbocycles. The van der Waals surface area contributed by atoms with E-state index in [0.717, 1.165) is 45.6 Å². The van der Waals surface area contributed by atoms with Crippen LogP contribution in [0.3, 0.4) is 0 Å². The molecule has 2 atom stereocenters. The summed E-state index contributed by atoms with van der Waals surface area (Å²) in [7, 11) is 0. The minimum Gasteiger partial charge on any atom is -0.380 e. The van der Waals surface area contributed by atoms with Gasteiger partial charge in [-0.3, -0.25) is 4.79 Å². The molecule has 0 bridgehead atoms. The van der Waals surface area contributed by atoms with E-state index in [2.05, 4.69) is 12.2 Å². The lowest BCUT2D eigenvalue weighted by Gasteiger charge is -2.24. The van der Waals surface area contributed by atoms with E-state index in [0.29, 0.717) is 18.0 Å². The van der Waals surface area contributed by atoms with Crippen LogP contribution in [-0.4, -0.2) is 49.2 Å². The molecule has 2 heterocycles. The van der Waals surface area contributed by atoms with E-state index in [1.807, 2.05) is 4.90 Å². The van der Waals surface area contributed by atoms with E-state index in [1.54, 1.807) is 0 Å². The summed E-state index contributed by atoms with van der Waals surface area (Å²) in [5.41, 5.74) is 0. The molecule has 0 aromatic rings. The van der Waals surface area contributed by atoms with E-state index < -0.39 is 0 Å². The summed E-state index contributed by atoms with van der Waals surface area (Å²) in [5, 5.41) is 3.51. The smallest absolute Gasteiger partial charge is 0.222 e. The molecular formula is C11H20N2O2. The number of nitrogens with one attached hydrogen (secondary N) is 1. The number of likely N-dealkylation sites (tertiary alicyclic amines) is 1. The topological polar surface area (TPSA) is 41.6 Å². The van der Waals surface area contributed by atoms with Crippen molar-refractivity contribution in [3.8, 4) is 0 Å². The van der Waals surface area contributed by atoms with Crippen LogP contribution in [0, 0.1) is 0 Å². The van der Waals surface area contributed by atoms with Crippen molar-refractivity contribution in [2.75, 3.05) is 26.3 Å². The van der Waals surface area contributed by atoms with E-state index in [-0.39, 0.29) is 0 Å². The van der Waals surface area contributed by atoms with Crippen molar-refractivity contribution in [1.82, 2.24) is 10.2 Å². The molecule has 0 aromatic carbocycles. The van der Waals surface area contributed by atoms with Crippen LogP contribution in [0.25, 0.3) is 0 Å². The van der Waals surface area contributed by atoms with Gasteiger partial charge in [0, 0.05) is 38.2 Å². The zero-order valence-electron chi connectivity index (χ0n) is 9.37. The number of carbonyl (C=O) groups excluding carboxylic acids is 1. The molecule has 2 fully saturated rings. The molecule has 4 heteroatoms. The second-order valence-electron chi connectivity index (χ2n) is 4.57. The SMILES string of the molecule is CC(CN1CCCC1=O)NC1CCOC1. The van der Waals surface area contributed by atoms with Crippen LogP contribution in [0.5, 0.6) is 0 Å². The number of hydrogen-bond donors (Lipinski definition) is 1. The van der Waals surface area contributed by atoms with Crippen LogP contribution >= 0.6 is 0 Å². The van der Waals surface area contributed by atoms with Crippen LogP contribution < -0.4 is 5.32 Å². The third-order valence-electron chi connectivity index (χ3n) is 3.12. The van der Waals surface area contributed by atoms with Gasteiger partial charge in [0.05, 0.1) is 6.61 Å². The van der Waals surface area contributed by atoms with Gasteiger partial charge in [0.25, 0.3) is 0 Å². The second-order valence-corrected chi connectivity index (χ2v) is 4.57.